The van der Waals surface area contributed by atoms with E-state index in [4.69, 9.17) is 27.9 Å². The van der Waals surface area contributed by atoms with E-state index in [1.54, 1.807) is 0 Å². The van der Waals surface area contributed by atoms with Crippen LogP contribution in [0.2, 0.25) is 10.3 Å². The van der Waals surface area contributed by atoms with Gasteiger partial charge in [-0.15, -0.1) is 0 Å². The molecule has 0 atom stereocenters. The molecule has 0 bridgehead atoms. The summed E-state index contributed by atoms with van der Waals surface area (Å²) < 4.78 is 5.32. The van der Waals surface area contributed by atoms with Gasteiger partial charge in [0.2, 0.25) is 5.28 Å². The van der Waals surface area contributed by atoms with Gasteiger partial charge >= 0.3 is 0 Å². The Morgan fingerprint density at radius 3 is 2.75 bits per heavy atom. The van der Waals surface area contributed by atoms with Crippen molar-refractivity contribution in [2.75, 3.05) is 25.2 Å². The Balaban J connectivity index is 2.18. The maximum Gasteiger partial charge on any atom is 0.224 e. The summed E-state index contributed by atoms with van der Waals surface area (Å²) in [5.41, 5.74) is 0. The van der Waals surface area contributed by atoms with Crippen molar-refractivity contribution in [2.24, 2.45) is 0 Å². The first-order valence-corrected chi connectivity index (χ1v) is 5.92. The van der Waals surface area contributed by atoms with Crippen LogP contribution in [-0.4, -0.2) is 36.3 Å². The summed E-state index contributed by atoms with van der Waals surface area (Å²) in [5, 5.41) is 0.747. The van der Waals surface area contributed by atoms with E-state index in [2.05, 4.69) is 14.9 Å². The van der Waals surface area contributed by atoms with Gasteiger partial charge in [0.05, 0.1) is 6.20 Å². The topological polar surface area (TPSA) is 38.2 Å². The molecule has 0 N–H and O–H groups in total. The predicted molar refractivity (Wildman–Crippen MR) is 64.3 cm³/mol. The Bertz CT molecular complexity index is 369. The van der Waals surface area contributed by atoms with Gasteiger partial charge in [0.1, 0.15) is 5.02 Å². The lowest BCUT2D eigenvalue weighted by Gasteiger charge is -2.32. The first kappa shape index (κ1) is 11.9. The number of aromatic nitrogens is 2. The van der Waals surface area contributed by atoms with Crippen molar-refractivity contribution in [3.05, 3.63) is 16.5 Å². The molecule has 4 nitrogen and oxygen atoms in total. The molecule has 6 heteroatoms. The highest BCUT2D eigenvalue weighted by atomic mass is 35.5. The van der Waals surface area contributed by atoms with Crippen LogP contribution in [0.4, 0.5) is 5.82 Å². The monoisotopic (exact) mass is 261 g/mol. The number of nitrogens with zero attached hydrogens (tertiary/aromatic N) is 3. The molecule has 2 rings (SSSR count). The van der Waals surface area contributed by atoms with Gasteiger partial charge in [-0.3, -0.25) is 0 Å². The van der Waals surface area contributed by atoms with Crippen LogP contribution in [0.1, 0.15) is 12.8 Å². The Labute approximate surface area is 105 Å². The van der Waals surface area contributed by atoms with E-state index in [1.165, 1.54) is 6.20 Å². The minimum atomic E-state index is 0.221. The van der Waals surface area contributed by atoms with E-state index in [0.717, 1.165) is 26.1 Å². The minimum absolute atomic E-state index is 0.221. The third kappa shape index (κ3) is 2.56. The summed E-state index contributed by atoms with van der Waals surface area (Å²) in [6.07, 6.45) is 3.49. The summed E-state index contributed by atoms with van der Waals surface area (Å²) in [6.45, 7) is 1.57. The maximum atomic E-state index is 6.05. The molecule has 0 amide bonds. The number of hydrogen-bond acceptors (Lipinski definition) is 4. The largest absolute Gasteiger partial charge is 0.381 e. The molecule has 88 valence electrons. The van der Waals surface area contributed by atoms with Crippen LogP contribution < -0.4 is 4.90 Å². The first-order valence-electron chi connectivity index (χ1n) is 5.17. The van der Waals surface area contributed by atoms with Gasteiger partial charge in [0.25, 0.3) is 0 Å². The van der Waals surface area contributed by atoms with E-state index in [-0.39, 0.29) is 5.28 Å². The molecular formula is C10H13Cl2N3O. The molecule has 1 saturated heterocycles. The van der Waals surface area contributed by atoms with Crippen LogP contribution in [0, 0.1) is 0 Å². The molecule has 1 aliphatic rings. The number of halogens is 2. The van der Waals surface area contributed by atoms with Crippen LogP contribution in [-0.2, 0) is 4.74 Å². The lowest BCUT2D eigenvalue weighted by Crippen LogP contribution is -2.37. The van der Waals surface area contributed by atoms with Gasteiger partial charge < -0.3 is 9.64 Å². The highest BCUT2D eigenvalue weighted by Crippen LogP contribution is 2.26. The standard InChI is InChI=1S/C10H13Cl2N3O/c1-15(7-2-4-16-5-3-7)9-8(11)6-13-10(12)14-9/h6-7H,2-5H2,1H3. The SMILES string of the molecule is CN(c1nc(Cl)ncc1Cl)C1CCOCC1. The van der Waals surface area contributed by atoms with Crippen LogP contribution >= 0.6 is 23.2 Å². The van der Waals surface area contributed by atoms with Gasteiger partial charge in [0, 0.05) is 26.3 Å². The maximum absolute atomic E-state index is 6.05. The fraction of sp³-hybridized carbons (Fsp3) is 0.600. The van der Waals surface area contributed by atoms with Crippen molar-refractivity contribution in [1.82, 2.24) is 9.97 Å². The van der Waals surface area contributed by atoms with Gasteiger partial charge in [-0.2, -0.15) is 4.98 Å². The van der Waals surface area contributed by atoms with E-state index in [1.807, 2.05) is 7.05 Å². The van der Waals surface area contributed by atoms with Crippen molar-refractivity contribution in [2.45, 2.75) is 18.9 Å². The molecule has 1 aromatic rings. The Kier molecular flexibility index (Phi) is 3.84. The summed E-state index contributed by atoms with van der Waals surface area (Å²) in [5.74, 6) is 0.688. The molecule has 0 unspecified atom stereocenters. The summed E-state index contributed by atoms with van der Waals surface area (Å²) in [7, 11) is 1.97. The minimum Gasteiger partial charge on any atom is -0.381 e. The lowest BCUT2D eigenvalue weighted by atomic mass is 10.1. The summed E-state index contributed by atoms with van der Waals surface area (Å²) >= 11 is 11.8. The molecule has 0 saturated carbocycles. The van der Waals surface area contributed by atoms with Crippen LogP contribution in [0.15, 0.2) is 6.20 Å². The van der Waals surface area contributed by atoms with Gasteiger partial charge in [-0.05, 0) is 24.4 Å². The molecule has 0 aromatic carbocycles. The fourth-order valence-corrected chi connectivity index (χ4v) is 2.18. The van der Waals surface area contributed by atoms with Crippen molar-refractivity contribution in [1.29, 1.82) is 0 Å². The zero-order valence-electron chi connectivity index (χ0n) is 8.99. The molecule has 0 aliphatic carbocycles. The summed E-state index contributed by atoms with van der Waals surface area (Å²) in [4.78, 5) is 10.0. The highest BCUT2D eigenvalue weighted by Gasteiger charge is 2.21. The third-order valence-electron chi connectivity index (χ3n) is 2.77. The van der Waals surface area contributed by atoms with Crippen LogP contribution in [0.5, 0.6) is 0 Å². The number of ether oxygens (including phenoxy) is 1. The molecule has 0 radical (unpaired) electrons. The van der Waals surface area contributed by atoms with Gasteiger partial charge in [-0.25, -0.2) is 4.98 Å². The van der Waals surface area contributed by atoms with E-state index < -0.39 is 0 Å². The van der Waals surface area contributed by atoms with Crippen molar-refractivity contribution in [3.63, 3.8) is 0 Å². The Morgan fingerprint density at radius 2 is 2.06 bits per heavy atom. The quantitative estimate of drug-likeness (QED) is 0.767. The first-order chi connectivity index (χ1) is 7.68. The zero-order valence-corrected chi connectivity index (χ0v) is 10.5. The molecule has 1 aliphatic heterocycles. The average molecular weight is 262 g/mol. The van der Waals surface area contributed by atoms with Gasteiger partial charge in [0.15, 0.2) is 5.82 Å². The second-order valence-corrected chi connectivity index (χ2v) is 4.51. The molecule has 0 spiro atoms. The van der Waals surface area contributed by atoms with Crippen molar-refractivity contribution < 1.29 is 4.74 Å². The van der Waals surface area contributed by atoms with Crippen LogP contribution in [0.3, 0.4) is 0 Å². The number of rotatable bonds is 2. The molecular weight excluding hydrogens is 249 g/mol. The molecule has 1 fully saturated rings. The van der Waals surface area contributed by atoms with Gasteiger partial charge in [-0.1, -0.05) is 11.6 Å². The third-order valence-corrected chi connectivity index (χ3v) is 3.22. The predicted octanol–water partition coefficient (Wildman–Crippen LogP) is 2.40. The van der Waals surface area contributed by atoms with E-state index in [0.29, 0.717) is 16.9 Å². The van der Waals surface area contributed by atoms with Crippen LogP contribution in [0.25, 0.3) is 0 Å². The highest BCUT2D eigenvalue weighted by molar-refractivity contribution is 6.33. The second-order valence-electron chi connectivity index (χ2n) is 3.77. The van der Waals surface area contributed by atoms with Crippen molar-refractivity contribution >= 4 is 29.0 Å². The lowest BCUT2D eigenvalue weighted by molar-refractivity contribution is 0.0853. The average Bonchev–Trinajstić information content (AvgIpc) is 2.32. The Morgan fingerprint density at radius 1 is 1.38 bits per heavy atom. The zero-order chi connectivity index (χ0) is 11.5. The summed E-state index contributed by atoms with van der Waals surface area (Å²) in [6, 6.07) is 0.400. The Hall–Kier alpha value is -0.580. The number of hydrogen-bond donors (Lipinski definition) is 0. The number of anilines is 1. The molecule has 1 aromatic heterocycles. The smallest absolute Gasteiger partial charge is 0.224 e. The second kappa shape index (κ2) is 5.17. The normalized spacial score (nSPS) is 17.4. The van der Waals surface area contributed by atoms with Crippen molar-refractivity contribution in [3.8, 4) is 0 Å². The fourth-order valence-electron chi connectivity index (χ4n) is 1.83. The van der Waals surface area contributed by atoms with E-state index >= 15 is 0 Å². The molecule has 16 heavy (non-hydrogen) atoms. The van der Waals surface area contributed by atoms with E-state index in [9.17, 15) is 0 Å². The molecule has 2 heterocycles.